The Morgan fingerprint density at radius 3 is 3.05 bits per heavy atom. The van der Waals surface area contributed by atoms with Crippen LogP contribution in [0, 0.1) is 0 Å². The van der Waals surface area contributed by atoms with Crippen molar-refractivity contribution >= 4 is 22.9 Å². The number of nitrogens with one attached hydrogen (secondary N) is 1. The van der Waals surface area contributed by atoms with Gasteiger partial charge in [-0.05, 0) is 44.0 Å². The summed E-state index contributed by atoms with van der Waals surface area (Å²) in [6, 6.07) is 6.27. The molecule has 0 radical (unpaired) electrons. The lowest BCUT2D eigenvalue weighted by Crippen LogP contribution is -2.24. The third kappa shape index (κ3) is 2.93. The summed E-state index contributed by atoms with van der Waals surface area (Å²) in [5.74, 6) is 0.701. The molecule has 0 saturated heterocycles. The van der Waals surface area contributed by atoms with E-state index in [1.54, 1.807) is 18.4 Å². The van der Waals surface area contributed by atoms with E-state index in [0.29, 0.717) is 16.8 Å². The molecule has 21 heavy (non-hydrogen) atoms. The minimum Gasteiger partial charge on any atom is -0.495 e. The molecule has 2 aromatic rings. The first-order valence-electron chi connectivity index (χ1n) is 7.29. The smallest absolute Gasteiger partial charge is 0.137 e. The molecule has 1 unspecified atom stereocenters. The summed E-state index contributed by atoms with van der Waals surface area (Å²) in [7, 11) is 1.63. The minimum absolute atomic E-state index is 0.400. The first kappa shape index (κ1) is 14.8. The van der Waals surface area contributed by atoms with Crippen LogP contribution in [0.1, 0.15) is 36.4 Å². The second kappa shape index (κ2) is 6.34. The highest BCUT2D eigenvalue weighted by Gasteiger charge is 2.24. The summed E-state index contributed by atoms with van der Waals surface area (Å²) in [4.78, 5) is 6.29. The number of hydrogen-bond donors (Lipinski definition) is 1. The lowest BCUT2D eigenvalue weighted by atomic mass is 9.98. The SMILES string of the molecule is CCNC1CCCc2sc(-c3ccc(OC)c(Cl)c3)nc21. The molecule has 1 heterocycles. The number of methoxy groups -OCH3 is 1. The van der Waals surface area contributed by atoms with Crippen LogP contribution in [0.3, 0.4) is 0 Å². The Labute approximate surface area is 134 Å². The second-order valence-electron chi connectivity index (χ2n) is 5.18. The van der Waals surface area contributed by atoms with Crippen LogP contribution in [0.15, 0.2) is 18.2 Å². The van der Waals surface area contributed by atoms with Crippen molar-refractivity contribution in [3.8, 4) is 16.3 Å². The van der Waals surface area contributed by atoms with E-state index in [9.17, 15) is 0 Å². The van der Waals surface area contributed by atoms with Crippen LogP contribution in [0.2, 0.25) is 5.02 Å². The van der Waals surface area contributed by atoms with Crippen LogP contribution in [0.5, 0.6) is 5.75 Å². The fraction of sp³-hybridized carbons (Fsp3) is 0.438. The first-order valence-corrected chi connectivity index (χ1v) is 8.49. The molecule has 0 saturated carbocycles. The van der Waals surface area contributed by atoms with Crippen LogP contribution < -0.4 is 10.1 Å². The summed E-state index contributed by atoms with van der Waals surface area (Å²) in [6.07, 6.45) is 3.54. The number of thiazole rings is 1. The van der Waals surface area contributed by atoms with Crippen molar-refractivity contribution in [1.29, 1.82) is 0 Å². The third-order valence-corrected chi connectivity index (χ3v) is 5.28. The van der Waals surface area contributed by atoms with E-state index < -0.39 is 0 Å². The van der Waals surface area contributed by atoms with Gasteiger partial charge in [-0.25, -0.2) is 4.98 Å². The molecule has 1 aliphatic carbocycles. The summed E-state index contributed by atoms with van der Waals surface area (Å²) in [5.41, 5.74) is 2.30. The first-order chi connectivity index (χ1) is 10.2. The topological polar surface area (TPSA) is 34.1 Å². The van der Waals surface area contributed by atoms with Gasteiger partial charge in [-0.2, -0.15) is 0 Å². The van der Waals surface area contributed by atoms with Crippen molar-refractivity contribution in [2.24, 2.45) is 0 Å². The van der Waals surface area contributed by atoms with Crippen LogP contribution in [0.4, 0.5) is 0 Å². The summed E-state index contributed by atoms with van der Waals surface area (Å²) >= 11 is 8.01. The Morgan fingerprint density at radius 1 is 1.48 bits per heavy atom. The van der Waals surface area contributed by atoms with E-state index >= 15 is 0 Å². The monoisotopic (exact) mass is 322 g/mol. The van der Waals surface area contributed by atoms with Gasteiger partial charge >= 0.3 is 0 Å². The summed E-state index contributed by atoms with van der Waals surface area (Å²) in [5, 5.41) is 5.21. The zero-order chi connectivity index (χ0) is 14.8. The van der Waals surface area contributed by atoms with Crippen molar-refractivity contribution in [2.75, 3.05) is 13.7 Å². The van der Waals surface area contributed by atoms with Gasteiger partial charge < -0.3 is 10.1 Å². The van der Waals surface area contributed by atoms with E-state index in [0.717, 1.165) is 23.5 Å². The average molecular weight is 323 g/mol. The number of halogens is 1. The molecule has 0 aliphatic heterocycles. The molecule has 5 heteroatoms. The van der Waals surface area contributed by atoms with Gasteiger partial charge in [0.05, 0.1) is 23.9 Å². The van der Waals surface area contributed by atoms with E-state index in [-0.39, 0.29) is 0 Å². The quantitative estimate of drug-likeness (QED) is 0.902. The van der Waals surface area contributed by atoms with Gasteiger partial charge in [0.25, 0.3) is 0 Å². The lowest BCUT2D eigenvalue weighted by molar-refractivity contribution is 0.415. The molecule has 3 rings (SSSR count). The van der Waals surface area contributed by atoms with E-state index in [1.807, 2.05) is 18.2 Å². The van der Waals surface area contributed by atoms with E-state index in [4.69, 9.17) is 21.3 Å². The Morgan fingerprint density at radius 2 is 2.33 bits per heavy atom. The second-order valence-corrected chi connectivity index (χ2v) is 6.67. The number of nitrogens with zero attached hydrogens (tertiary/aromatic N) is 1. The number of aryl methyl sites for hydroxylation is 1. The lowest BCUT2D eigenvalue weighted by Gasteiger charge is -2.21. The molecule has 1 aromatic heterocycles. The summed E-state index contributed by atoms with van der Waals surface area (Å²) in [6.45, 7) is 3.12. The Hall–Kier alpha value is -1.10. The summed E-state index contributed by atoms with van der Waals surface area (Å²) < 4.78 is 5.21. The molecule has 112 valence electrons. The van der Waals surface area contributed by atoms with Gasteiger partial charge in [0, 0.05) is 10.4 Å². The largest absolute Gasteiger partial charge is 0.495 e. The zero-order valence-corrected chi connectivity index (χ0v) is 13.9. The van der Waals surface area contributed by atoms with Crippen molar-refractivity contribution in [3.63, 3.8) is 0 Å². The Balaban J connectivity index is 1.95. The zero-order valence-electron chi connectivity index (χ0n) is 12.3. The highest BCUT2D eigenvalue weighted by atomic mass is 35.5. The van der Waals surface area contributed by atoms with E-state index in [2.05, 4.69) is 12.2 Å². The molecule has 0 amide bonds. The van der Waals surface area contributed by atoms with Gasteiger partial charge in [-0.1, -0.05) is 18.5 Å². The predicted molar refractivity (Wildman–Crippen MR) is 88.5 cm³/mol. The standard InChI is InChI=1S/C16H19ClN2OS/c1-3-18-12-5-4-6-14-15(12)19-16(21-14)10-7-8-13(20-2)11(17)9-10/h7-9,12,18H,3-6H2,1-2H3. The van der Waals surface area contributed by atoms with Crippen LogP contribution in [-0.2, 0) is 6.42 Å². The molecule has 1 atom stereocenters. The third-order valence-electron chi connectivity index (χ3n) is 3.80. The highest BCUT2D eigenvalue weighted by molar-refractivity contribution is 7.15. The van der Waals surface area contributed by atoms with Crippen LogP contribution in [-0.4, -0.2) is 18.6 Å². The molecule has 0 bridgehead atoms. The fourth-order valence-corrected chi connectivity index (χ4v) is 4.21. The molecular formula is C16H19ClN2OS. The van der Waals surface area contributed by atoms with Gasteiger partial charge in [0.15, 0.2) is 0 Å². The van der Waals surface area contributed by atoms with Crippen molar-refractivity contribution in [3.05, 3.63) is 33.8 Å². The van der Waals surface area contributed by atoms with E-state index in [1.165, 1.54) is 23.4 Å². The van der Waals surface area contributed by atoms with Gasteiger partial charge in [0.2, 0.25) is 0 Å². The highest BCUT2D eigenvalue weighted by Crippen LogP contribution is 2.38. The maximum absolute atomic E-state index is 6.22. The Kier molecular flexibility index (Phi) is 4.48. The fourth-order valence-electron chi connectivity index (χ4n) is 2.79. The Bertz CT molecular complexity index is 641. The van der Waals surface area contributed by atoms with Crippen molar-refractivity contribution in [1.82, 2.24) is 10.3 Å². The maximum Gasteiger partial charge on any atom is 0.137 e. The van der Waals surface area contributed by atoms with Crippen LogP contribution in [0.25, 0.3) is 10.6 Å². The molecule has 1 aromatic carbocycles. The van der Waals surface area contributed by atoms with Gasteiger partial charge in [-0.15, -0.1) is 11.3 Å². The molecule has 0 fully saturated rings. The normalized spacial score (nSPS) is 17.6. The number of rotatable bonds is 4. The number of benzene rings is 1. The minimum atomic E-state index is 0.400. The van der Waals surface area contributed by atoms with Crippen LogP contribution >= 0.6 is 22.9 Å². The number of ether oxygens (including phenoxy) is 1. The van der Waals surface area contributed by atoms with Gasteiger partial charge in [-0.3, -0.25) is 0 Å². The maximum atomic E-state index is 6.22. The average Bonchev–Trinajstić information content (AvgIpc) is 2.92. The van der Waals surface area contributed by atoms with Gasteiger partial charge in [0.1, 0.15) is 10.8 Å². The number of fused-ring (bicyclic) bond motifs is 1. The van der Waals surface area contributed by atoms with Crippen molar-refractivity contribution < 1.29 is 4.74 Å². The molecule has 0 spiro atoms. The molecule has 1 N–H and O–H groups in total. The number of hydrogen-bond acceptors (Lipinski definition) is 4. The van der Waals surface area contributed by atoms with Crippen molar-refractivity contribution in [2.45, 2.75) is 32.2 Å². The molecule has 1 aliphatic rings. The predicted octanol–water partition coefficient (Wildman–Crippen LogP) is 4.46. The molecule has 3 nitrogen and oxygen atoms in total. The molecular weight excluding hydrogens is 304 g/mol. The number of aromatic nitrogens is 1.